The van der Waals surface area contributed by atoms with Crippen molar-refractivity contribution in [1.29, 1.82) is 0 Å². The number of nitro groups is 2. The van der Waals surface area contributed by atoms with Gasteiger partial charge in [-0.3, -0.25) is 25.0 Å². The molecule has 9 nitrogen and oxygen atoms in total. The molecule has 0 aliphatic rings. The number of anilines is 2. The van der Waals surface area contributed by atoms with Gasteiger partial charge >= 0.3 is 0 Å². The van der Waals surface area contributed by atoms with Crippen LogP contribution in [0.4, 0.5) is 22.7 Å². The molecule has 0 saturated heterocycles. The highest BCUT2D eigenvalue weighted by molar-refractivity contribution is 5.95. The molecule has 25 heavy (non-hydrogen) atoms. The number of ketones is 1. The fourth-order valence-electron chi connectivity index (χ4n) is 2.23. The number of hydrogen-bond acceptors (Lipinski definition) is 7. The van der Waals surface area contributed by atoms with Crippen LogP contribution in [0.2, 0.25) is 0 Å². The lowest BCUT2D eigenvalue weighted by Gasteiger charge is -2.10. The first-order valence-corrected chi connectivity index (χ1v) is 7.40. The largest absolute Gasteiger partial charge is 0.378 e. The minimum atomic E-state index is -0.565. The molecule has 0 amide bonds. The zero-order chi connectivity index (χ0) is 18.4. The van der Waals surface area contributed by atoms with Crippen LogP contribution in [0.5, 0.6) is 0 Å². The van der Waals surface area contributed by atoms with E-state index in [9.17, 15) is 25.0 Å². The lowest BCUT2D eigenvalue weighted by molar-refractivity contribution is -0.384. The standard InChI is InChI=1S/C16H16N4O5/c1-11(21)12-6-7-14(16(10-12)20(24)25)18-9-8-17-13-4-2-3-5-15(13)19(22)23/h2-7,10,17-18H,8-9H2,1H3. The molecule has 0 saturated carbocycles. The third-order valence-electron chi connectivity index (χ3n) is 3.46. The summed E-state index contributed by atoms with van der Waals surface area (Å²) in [6.45, 7) is 1.95. The van der Waals surface area contributed by atoms with Gasteiger partial charge in [-0.2, -0.15) is 0 Å². The topological polar surface area (TPSA) is 127 Å². The predicted octanol–water partition coefficient (Wildman–Crippen LogP) is 3.23. The van der Waals surface area contributed by atoms with E-state index in [1.807, 2.05) is 0 Å². The molecule has 2 aromatic rings. The normalized spacial score (nSPS) is 10.1. The molecule has 2 aromatic carbocycles. The van der Waals surface area contributed by atoms with Gasteiger partial charge in [-0.15, -0.1) is 0 Å². The molecule has 0 heterocycles. The van der Waals surface area contributed by atoms with Gasteiger partial charge in [-0.1, -0.05) is 12.1 Å². The SMILES string of the molecule is CC(=O)c1ccc(NCCNc2ccccc2[N+](=O)[O-])c([N+](=O)[O-])c1. The van der Waals surface area contributed by atoms with Crippen molar-refractivity contribution in [2.24, 2.45) is 0 Å². The van der Waals surface area contributed by atoms with Crippen molar-refractivity contribution in [1.82, 2.24) is 0 Å². The zero-order valence-electron chi connectivity index (χ0n) is 13.4. The summed E-state index contributed by atoms with van der Waals surface area (Å²) in [6.07, 6.45) is 0. The molecule has 0 radical (unpaired) electrons. The summed E-state index contributed by atoms with van der Waals surface area (Å²) >= 11 is 0. The number of carbonyl (C=O) groups is 1. The van der Waals surface area contributed by atoms with Gasteiger partial charge in [0.2, 0.25) is 0 Å². The molecule has 0 atom stereocenters. The Kier molecular flexibility index (Phi) is 5.62. The van der Waals surface area contributed by atoms with E-state index in [4.69, 9.17) is 0 Å². The van der Waals surface area contributed by atoms with Gasteiger partial charge in [-0.05, 0) is 25.1 Å². The number of rotatable bonds is 8. The minimum Gasteiger partial charge on any atom is -0.378 e. The Balaban J connectivity index is 2.02. The maximum absolute atomic E-state index is 11.3. The number of carbonyl (C=O) groups excluding carboxylic acids is 1. The monoisotopic (exact) mass is 344 g/mol. The second-order valence-electron chi connectivity index (χ2n) is 5.17. The van der Waals surface area contributed by atoms with Crippen molar-refractivity contribution in [2.75, 3.05) is 23.7 Å². The van der Waals surface area contributed by atoms with Gasteiger partial charge < -0.3 is 10.6 Å². The third-order valence-corrected chi connectivity index (χ3v) is 3.46. The number of Topliss-reactive ketones (excluding diaryl/α,β-unsaturated/α-hetero) is 1. The summed E-state index contributed by atoms with van der Waals surface area (Å²) in [4.78, 5) is 32.3. The second kappa shape index (κ2) is 7.86. The Labute approximate surface area is 143 Å². The van der Waals surface area contributed by atoms with Crippen molar-refractivity contribution >= 4 is 28.5 Å². The molecule has 0 spiro atoms. The molecule has 9 heteroatoms. The van der Waals surface area contributed by atoms with Crippen LogP contribution in [-0.2, 0) is 0 Å². The average Bonchev–Trinajstić information content (AvgIpc) is 2.58. The molecule has 0 fully saturated rings. The van der Waals surface area contributed by atoms with Gasteiger partial charge in [-0.25, -0.2) is 0 Å². The molecular formula is C16H16N4O5. The van der Waals surface area contributed by atoms with Gasteiger partial charge in [0.25, 0.3) is 11.4 Å². The van der Waals surface area contributed by atoms with Crippen LogP contribution in [0, 0.1) is 20.2 Å². The van der Waals surface area contributed by atoms with E-state index in [1.54, 1.807) is 18.2 Å². The van der Waals surface area contributed by atoms with Crippen molar-refractivity contribution in [3.8, 4) is 0 Å². The molecular weight excluding hydrogens is 328 g/mol. The van der Waals surface area contributed by atoms with E-state index in [0.717, 1.165) is 0 Å². The van der Waals surface area contributed by atoms with Crippen LogP contribution >= 0.6 is 0 Å². The molecule has 0 unspecified atom stereocenters. The summed E-state index contributed by atoms with van der Waals surface area (Å²) in [5, 5.41) is 27.9. The first-order chi connectivity index (χ1) is 11.9. The highest BCUT2D eigenvalue weighted by Crippen LogP contribution is 2.26. The second-order valence-corrected chi connectivity index (χ2v) is 5.17. The van der Waals surface area contributed by atoms with Crippen molar-refractivity contribution in [2.45, 2.75) is 6.92 Å². The summed E-state index contributed by atoms with van der Waals surface area (Å²) in [5.74, 6) is -0.257. The smallest absolute Gasteiger partial charge is 0.293 e. The predicted molar refractivity (Wildman–Crippen MR) is 93.2 cm³/mol. The molecule has 0 aliphatic heterocycles. The molecule has 0 aliphatic carbocycles. The van der Waals surface area contributed by atoms with Crippen LogP contribution in [-0.4, -0.2) is 28.7 Å². The number of nitrogens with one attached hydrogen (secondary N) is 2. The Morgan fingerprint density at radius 1 is 0.920 bits per heavy atom. The Bertz CT molecular complexity index is 822. The van der Waals surface area contributed by atoms with Crippen LogP contribution in [0.15, 0.2) is 42.5 Å². The van der Waals surface area contributed by atoms with Gasteiger partial charge in [0, 0.05) is 30.8 Å². The lowest BCUT2D eigenvalue weighted by Crippen LogP contribution is -2.15. The van der Waals surface area contributed by atoms with Crippen LogP contribution in [0.25, 0.3) is 0 Å². The Morgan fingerprint density at radius 3 is 2.04 bits per heavy atom. The Hall–Kier alpha value is -3.49. The first kappa shape index (κ1) is 17.9. The van der Waals surface area contributed by atoms with Crippen LogP contribution in [0.3, 0.4) is 0 Å². The number of benzene rings is 2. The lowest BCUT2D eigenvalue weighted by atomic mass is 10.1. The fraction of sp³-hybridized carbons (Fsp3) is 0.188. The molecule has 2 rings (SSSR count). The highest BCUT2D eigenvalue weighted by atomic mass is 16.6. The maximum Gasteiger partial charge on any atom is 0.293 e. The summed E-state index contributed by atoms with van der Waals surface area (Å²) in [7, 11) is 0. The summed E-state index contributed by atoms with van der Waals surface area (Å²) in [5.41, 5.74) is 0.669. The number of nitro benzene ring substituents is 2. The molecule has 130 valence electrons. The summed E-state index contributed by atoms with van der Waals surface area (Å²) in [6, 6.07) is 10.4. The van der Waals surface area contributed by atoms with Crippen LogP contribution < -0.4 is 10.6 Å². The van der Waals surface area contributed by atoms with Crippen molar-refractivity contribution in [3.05, 3.63) is 68.3 Å². The van der Waals surface area contributed by atoms with E-state index in [2.05, 4.69) is 10.6 Å². The van der Waals surface area contributed by atoms with E-state index in [0.29, 0.717) is 18.8 Å². The number of hydrogen-bond donors (Lipinski definition) is 2. The minimum absolute atomic E-state index is 0.0423. The Morgan fingerprint density at radius 2 is 1.48 bits per heavy atom. The first-order valence-electron chi connectivity index (χ1n) is 7.40. The number of nitrogens with zero attached hydrogens (tertiary/aromatic N) is 2. The summed E-state index contributed by atoms with van der Waals surface area (Å²) < 4.78 is 0. The maximum atomic E-state index is 11.3. The molecule has 0 aromatic heterocycles. The van der Waals surface area contributed by atoms with Gasteiger partial charge in [0.1, 0.15) is 11.4 Å². The van der Waals surface area contributed by atoms with Crippen molar-refractivity contribution < 1.29 is 14.6 Å². The average molecular weight is 344 g/mol. The van der Waals surface area contributed by atoms with Crippen molar-refractivity contribution in [3.63, 3.8) is 0 Å². The van der Waals surface area contributed by atoms with Gasteiger partial charge in [0.15, 0.2) is 5.78 Å². The zero-order valence-corrected chi connectivity index (χ0v) is 13.4. The van der Waals surface area contributed by atoms with E-state index in [1.165, 1.54) is 31.2 Å². The van der Waals surface area contributed by atoms with E-state index < -0.39 is 9.85 Å². The molecule has 0 bridgehead atoms. The number of para-hydroxylation sites is 2. The van der Waals surface area contributed by atoms with E-state index >= 15 is 0 Å². The fourth-order valence-corrected chi connectivity index (χ4v) is 2.23. The highest BCUT2D eigenvalue weighted by Gasteiger charge is 2.16. The van der Waals surface area contributed by atoms with Gasteiger partial charge in [0.05, 0.1) is 9.85 Å². The van der Waals surface area contributed by atoms with Crippen LogP contribution in [0.1, 0.15) is 17.3 Å². The van der Waals surface area contributed by atoms with E-state index in [-0.39, 0.29) is 28.4 Å². The molecule has 2 N–H and O–H groups in total. The third kappa shape index (κ3) is 4.50. The quantitative estimate of drug-likeness (QED) is 0.325.